The molecule has 1 unspecified atom stereocenters. The van der Waals surface area contributed by atoms with Crippen molar-refractivity contribution in [3.05, 3.63) is 29.7 Å². The lowest BCUT2D eigenvalue weighted by Crippen LogP contribution is -2.34. The molecule has 0 aliphatic carbocycles. The molecule has 0 bridgehead atoms. The van der Waals surface area contributed by atoms with Gasteiger partial charge in [0.05, 0.1) is 6.04 Å². The summed E-state index contributed by atoms with van der Waals surface area (Å²) in [5, 5.41) is 17.6. The number of aromatic carboxylic acids is 1. The van der Waals surface area contributed by atoms with Crippen LogP contribution < -0.4 is 0 Å². The Morgan fingerprint density at radius 3 is 3.05 bits per heavy atom. The van der Waals surface area contributed by atoms with Crippen molar-refractivity contribution in [1.82, 2.24) is 19.5 Å². The summed E-state index contributed by atoms with van der Waals surface area (Å²) in [6.45, 7) is 4.18. The van der Waals surface area contributed by atoms with Crippen molar-refractivity contribution in [2.24, 2.45) is 0 Å². The Bertz CT molecular complexity index is 637. The number of rotatable bonds is 3. The van der Waals surface area contributed by atoms with Crippen LogP contribution in [-0.4, -0.2) is 43.7 Å². The number of piperidine rings is 1. The van der Waals surface area contributed by atoms with Gasteiger partial charge in [-0.15, -0.1) is 10.2 Å². The maximum absolute atomic E-state index is 11.2. The van der Waals surface area contributed by atoms with Gasteiger partial charge in [-0.1, -0.05) is 13.3 Å². The number of nitrogens with zero attached hydrogens (tertiary/aromatic N) is 4. The van der Waals surface area contributed by atoms with Crippen LogP contribution in [0.1, 0.15) is 48.4 Å². The molecule has 1 aliphatic heterocycles. The highest BCUT2D eigenvalue weighted by molar-refractivity contribution is 5.94. The molecule has 1 N–H and O–H groups in total. The van der Waals surface area contributed by atoms with Gasteiger partial charge in [-0.05, 0) is 38.1 Å². The van der Waals surface area contributed by atoms with Crippen LogP contribution in [0.2, 0.25) is 0 Å². The van der Waals surface area contributed by atoms with Crippen molar-refractivity contribution in [3.8, 4) is 0 Å². The molecule has 3 heterocycles. The molecule has 0 saturated carbocycles. The molecule has 6 heteroatoms. The first-order valence-corrected chi connectivity index (χ1v) is 7.03. The van der Waals surface area contributed by atoms with Gasteiger partial charge in [0.25, 0.3) is 0 Å². The second kappa shape index (κ2) is 5.20. The van der Waals surface area contributed by atoms with Gasteiger partial charge >= 0.3 is 5.97 Å². The molecule has 0 aromatic carbocycles. The summed E-state index contributed by atoms with van der Waals surface area (Å²) in [6.07, 6.45) is 5.28. The molecule has 0 spiro atoms. The summed E-state index contributed by atoms with van der Waals surface area (Å²) in [5.41, 5.74) is 0.627. The molecule has 0 amide bonds. The Morgan fingerprint density at radius 2 is 2.30 bits per heavy atom. The van der Waals surface area contributed by atoms with Crippen LogP contribution in [0.3, 0.4) is 0 Å². The highest BCUT2D eigenvalue weighted by Gasteiger charge is 2.27. The third-order valence-electron chi connectivity index (χ3n) is 4.01. The zero-order valence-corrected chi connectivity index (χ0v) is 11.5. The average Bonchev–Trinajstić information content (AvgIpc) is 2.90. The van der Waals surface area contributed by atoms with Gasteiger partial charge in [-0.3, -0.25) is 9.30 Å². The first kappa shape index (κ1) is 13.1. The van der Waals surface area contributed by atoms with Crippen molar-refractivity contribution in [1.29, 1.82) is 0 Å². The van der Waals surface area contributed by atoms with Crippen molar-refractivity contribution in [2.75, 3.05) is 13.1 Å². The summed E-state index contributed by atoms with van der Waals surface area (Å²) >= 11 is 0. The van der Waals surface area contributed by atoms with Crippen molar-refractivity contribution in [3.63, 3.8) is 0 Å². The van der Waals surface area contributed by atoms with E-state index in [1.807, 2.05) is 10.6 Å². The number of hydrogen-bond donors (Lipinski definition) is 1. The van der Waals surface area contributed by atoms with Gasteiger partial charge in [0.15, 0.2) is 11.5 Å². The Balaban J connectivity index is 2.08. The van der Waals surface area contributed by atoms with Gasteiger partial charge in [-0.25, -0.2) is 4.79 Å². The molecule has 106 valence electrons. The third kappa shape index (κ3) is 2.06. The van der Waals surface area contributed by atoms with Gasteiger partial charge in [0.1, 0.15) is 5.56 Å². The minimum atomic E-state index is -0.967. The molecule has 1 saturated heterocycles. The van der Waals surface area contributed by atoms with Crippen molar-refractivity contribution >= 4 is 11.6 Å². The van der Waals surface area contributed by atoms with Gasteiger partial charge in [0, 0.05) is 6.20 Å². The molecular formula is C14H18N4O2. The first-order chi connectivity index (χ1) is 9.72. The largest absolute Gasteiger partial charge is 0.478 e. The van der Waals surface area contributed by atoms with Crippen LogP contribution >= 0.6 is 0 Å². The number of pyridine rings is 1. The van der Waals surface area contributed by atoms with Crippen LogP contribution in [0, 0.1) is 0 Å². The molecule has 1 atom stereocenters. The van der Waals surface area contributed by atoms with Crippen molar-refractivity contribution in [2.45, 2.75) is 32.2 Å². The fourth-order valence-electron chi connectivity index (χ4n) is 2.99. The van der Waals surface area contributed by atoms with Gasteiger partial charge < -0.3 is 5.11 Å². The number of carboxylic acids is 1. The molecule has 6 nitrogen and oxygen atoms in total. The SMILES string of the molecule is CCN1CCCCC1c1nnc2c(C(=O)O)cccn12. The van der Waals surface area contributed by atoms with Gasteiger partial charge in [-0.2, -0.15) is 0 Å². The number of likely N-dealkylation sites (tertiary alicyclic amines) is 1. The van der Waals surface area contributed by atoms with E-state index in [4.69, 9.17) is 0 Å². The lowest BCUT2D eigenvalue weighted by atomic mass is 10.0. The maximum atomic E-state index is 11.2. The van der Waals surface area contributed by atoms with E-state index in [0.717, 1.165) is 25.3 Å². The summed E-state index contributed by atoms with van der Waals surface area (Å²) in [7, 11) is 0. The van der Waals surface area contributed by atoms with E-state index in [0.29, 0.717) is 5.65 Å². The van der Waals surface area contributed by atoms with Crippen LogP contribution in [0.15, 0.2) is 18.3 Å². The summed E-state index contributed by atoms with van der Waals surface area (Å²) < 4.78 is 1.82. The fraction of sp³-hybridized carbons (Fsp3) is 0.500. The third-order valence-corrected chi connectivity index (χ3v) is 4.01. The predicted molar refractivity (Wildman–Crippen MR) is 73.8 cm³/mol. The molecule has 1 aliphatic rings. The standard InChI is InChI=1S/C14H18N4O2/c1-2-17-8-4-3-7-11(17)13-16-15-12-10(14(19)20)6-5-9-18(12)13/h5-6,9,11H,2-4,7-8H2,1H3,(H,19,20). The fourth-order valence-corrected chi connectivity index (χ4v) is 2.99. The van der Waals surface area contributed by atoms with E-state index in [9.17, 15) is 9.90 Å². The number of carboxylic acid groups (broad SMARTS) is 1. The minimum Gasteiger partial charge on any atom is -0.478 e. The zero-order valence-electron chi connectivity index (χ0n) is 11.5. The zero-order chi connectivity index (χ0) is 14.1. The topological polar surface area (TPSA) is 70.7 Å². The Labute approximate surface area is 117 Å². The summed E-state index contributed by atoms with van der Waals surface area (Å²) in [6, 6.07) is 3.53. The smallest absolute Gasteiger partial charge is 0.339 e. The molecule has 0 radical (unpaired) electrons. The lowest BCUT2D eigenvalue weighted by molar-refractivity contribution is 0.0698. The van der Waals surface area contributed by atoms with Crippen LogP contribution in [0.4, 0.5) is 0 Å². The summed E-state index contributed by atoms with van der Waals surface area (Å²) in [5.74, 6) is -0.116. The van der Waals surface area contributed by atoms with E-state index in [2.05, 4.69) is 22.0 Å². The maximum Gasteiger partial charge on any atom is 0.339 e. The lowest BCUT2D eigenvalue weighted by Gasteiger charge is -2.33. The molecular weight excluding hydrogens is 256 g/mol. The molecule has 1 fully saturated rings. The van der Waals surface area contributed by atoms with E-state index in [1.165, 1.54) is 12.8 Å². The van der Waals surface area contributed by atoms with Crippen LogP contribution in [0.5, 0.6) is 0 Å². The van der Waals surface area contributed by atoms with E-state index in [1.54, 1.807) is 12.1 Å². The summed E-state index contributed by atoms with van der Waals surface area (Å²) in [4.78, 5) is 13.6. The number of carbonyl (C=O) groups is 1. The van der Waals surface area contributed by atoms with Crippen molar-refractivity contribution < 1.29 is 9.90 Å². The molecule has 2 aromatic rings. The number of fused-ring (bicyclic) bond motifs is 1. The quantitative estimate of drug-likeness (QED) is 0.926. The highest BCUT2D eigenvalue weighted by atomic mass is 16.4. The van der Waals surface area contributed by atoms with Gasteiger partial charge in [0.2, 0.25) is 0 Å². The Hall–Kier alpha value is -1.95. The normalized spacial score (nSPS) is 20.4. The van der Waals surface area contributed by atoms with E-state index >= 15 is 0 Å². The Morgan fingerprint density at radius 1 is 1.45 bits per heavy atom. The average molecular weight is 274 g/mol. The molecule has 2 aromatic heterocycles. The number of hydrogen-bond acceptors (Lipinski definition) is 4. The van der Waals surface area contributed by atoms with Crippen LogP contribution in [-0.2, 0) is 0 Å². The first-order valence-electron chi connectivity index (χ1n) is 7.03. The van der Waals surface area contributed by atoms with E-state index in [-0.39, 0.29) is 11.6 Å². The van der Waals surface area contributed by atoms with E-state index < -0.39 is 5.97 Å². The Kier molecular flexibility index (Phi) is 3.40. The monoisotopic (exact) mass is 274 g/mol. The highest BCUT2D eigenvalue weighted by Crippen LogP contribution is 2.29. The van der Waals surface area contributed by atoms with Crippen LogP contribution in [0.25, 0.3) is 5.65 Å². The predicted octanol–water partition coefficient (Wildman–Crippen LogP) is 1.97. The number of aromatic nitrogens is 3. The second-order valence-electron chi connectivity index (χ2n) is 5.12. The minimum absolute atomic E-state index is 0.199. The molecule has 3 rings (SSSR count). The second-order valence-corrected chi connectivity index (χ2v) is 5.12. The molecule has 20 heavy (non-hydrogen) atoms.